The number of amides is 1. The molecule has 0 radical (unpaired) electrons. The first-order valence-electron chi connectivity index (χ1n) is 7.17. The van der Waals surface area contributed by atoms with Gasteiger partial charge in [-0.15, -0.1) is 5.10 Å². The van der Waals surface area contributed by atoms with Crippen molar-refractivity contribution in [2.24, 2.45) is 0 Å². The summed E-state index contributed by atoms with van der Waals surface area (Å²) in [6, 6.07) is 7.17. The van der Waals surface area contributed by atoms with Crippen LogP contribution in [0.1, 0.15) is 35.9 Å². The Morgan fingerprint density at radius 1 is 1.50 bits per heavy atom. The van der Waals surface area contributed by atoms with Crippen LogP contribution in [0.4, 0.5) is 0 Å². The van der Waals surface area contributed by atoms with E-state index in [0.29, 0.717) is 30.1 Å². The lowest BCUT2D eigenvalue weighted by molar-refractivity contribution is 0.0936. The molecule has 0 aliphatic rings. The minimum absolute atomic E-state index is 0.269. The Labute approximate surface area is 134 Å². The van der Waals surface area contributed by atoms with Crippen molar-refractivity contribution < 1.29 is 9.90 Å². The van der Waals surface area contributed by atoms with Gasteiger partial charge in [-0.25, -0.2) is 4.68 Å². The first kappa shape index (κ1) is 16.5. The fourth-order valence-corrected chi connectivity index (χ4v) is 2.22. The van der Waals surface area contributed by atoms with Gasteiger partial charge in [-0.1, -0.05) is 29.8 Å². The number of aliphatic hydroxyl groups excluding tert-OH is 1. The summed E-state index contributed by atoms with van der Waals surface area (Å²) in [6.07, 6.45) is 0.785. The first-order valence-corrected chi connectivity index (χ1v) is 7.55. The maximum atomic E-state index is 12.1. The molecule has 2 N–H and O–H groups in total. The third-order valence-corrected chi connectivity index (χ3v) is 3.63. The van der Waals surface area contributed by atoms with E-state index in [4.69, 9.17) is 11.6 Å². The molecule has 1 aromatic heterocycles. The maximum absolute atomic E-state index is 12.1. The summed E-state index contributed by atoms with van der Waals surface area (Å²) < 4.78 is 1.57. The van der Waals surface area contributed by atoms with Gasteiger partial charge in [-0.3, -0.25) is 4.79 Å². The zero-order valence-corrected chi connectivity index (χ0v) is 13.3. The predicted molar refractivity (Wildman–Crippen MR) is 84.4 cm³/mol. The number of hydrogen-bond acceptors (Lipinski definition) is 4. The van der Waals surface area contributed by atoms with E-state index in [1.807, 2.05) is 19.1 Å². The maximum Gasteiger partial charge on any atom is 0.273 e. The van der Waals surface area contributed by atoms with E-state index >= 15 is 0 Å². The van der Waals surface area contributed by atoms with E-state index in [1.165, 1.54) is 0 Å². The van der Waals surface area contributed by atoms with E-state index < -0.39 is 6.10 Å². The van der Waals surface area contributed by atoms with Crippen LogP contribution in [0.15, 0.2) is 24.3 Å². The molecular formula is C15H19ClN4O2. The summed E-state index contributed by atoms with van der Waals surface area (Å²) >= 11 is 5.96. The van der Waals surface area contributed by atoms with Crippen LogP contribution < -0.4 is 5.32 Å². The smallest absolute Gasteiger partial charge is 0.273 e. The van der Waals surface area contributed by atoms with Crippen LogP contribution in [0.2, 0.25) is 5.02 Å². The van der Waals surface area contributed by atoms with Crippen molar-refractivity contribution in [1.29, 1.82) is 0 Å². The summed E-state index contributed by atoms with van der Waals surface area (Å²) in [7, 11) is 0. The number of hydrogen-bond donors (Lipinski definition) is 2. The van der Waals surface area contributed by atoms with Gasteiger partial charge in [0.15, 0.2) is 5.69 Å². The summed E-state index contributed by atoms with van der Waals surface area (Å²) in [5, 5.41) is 20.7. The number of carbonyl (C=O) groups excluding carboxylic acids is 1. The van der Waals surface area contributed by atoms with Gasteiger partial charge < -0.3 is 10.4 Å². The summed E-state index contributed by atoms with van der Waals surface area (Å²) in [5.74, 6) is -0.297. The Balaban J connectivity index is 2.09. The SMILES string of the molecule is CCC(O)CCNC(=O)c1nnn(-c2cccc(Cl)c2)c1C. The van der Waals surface area contributed by atoms with Crippen LogP contribution in [-0.4, -0.2) is 38.7 Å². The van der Waals surface area contributed by atoms with Gasteiger partial charge in [0.1, 0.15) is 0 Å². The molecule has 0 spiro atoms. The number of aliphatic hydroxyl groups is 1. The van der Waals surface area contributed by atoms with Crippen LogP contribution in [0.3, 0.4) is 0 Å². The van der Waals surface area contributed by atoms with E-state index in [2.05, 4.69) is 15.6 Å². The van der Waals surface area contributed by atoms with Gasteiger partial charge in [0.2, 0.25) is 0 Å². The number of rotatable bonds is 6. The molecule has 2 rings (SSSR count). The van der Waals surface area contributed by atoms with E-state index in [-0.39, 0.29) is 11.6 Å². The van der Waals surface area contributed by atoms with E-state index in [9.17, 15) is 9.90 Å². The van der Waals surface area contributed by atoms with Crippen molar-refractivity contribution >= 4 is 17.5 Å². The van der Waals surface area contributed by atoms with Gasteiger partial charge in [0.25, 0.3) is 5.91 Å². The lowest BCUT2D eigenvalue weighted by atomic mass is 10.2. The summed E-state index contributed by atoms with van der Waals surface area (Å²) in [6.45, 7) is 4.07. The first-order chi connectivity index (χ1) is 10.5. The largest absolute Gasteiger partial charge is 0.393 e. The molecule has 1 unspecified atom stereocenters. The molecule has 0 aliphatic carbocycles. The van der Waals surface area contributed by atoms with Crippen LogP contribution in [-0.2, 0) is 0 Å². The summed E-state index contributed by atoms with van der Waals surface area (Å²) in [5.41, 5.74) is 1.65. The normalized spacial score (nSPS) is 12.2. The number of nitrogens with zero attached hydrogens (tertiary/aromatic N) is 3. The highest BCUT2D eigenvalue weighted by atomic mass is 35.5. The van der Waals surface area contributed by atoms with Gasteiger partial charge in [0.05, 0.1) is 17.5 Å². The average Bonchev–Trinajstić information content (AvgIpc) is 2.88. The zero-order valence-electron chi connectivity index (χ0n) is 12.6. The predicted octanol–water partition coefficient (Wildman–Crippen LogP) is 2.12. The quantitative estimate of drug-likeness (QED) is 0.853. The van der Waals surface area contributed by atoms with Crippen molar-refractivity contribution in [3.63, 3.8) is 0 Å². The van der Waals surface area contributed by atoms with Gasteiger partial charge in [-0.2, -0.15) is 0 Å². The fourth-order valence-electron chi connectivity index (χ4n) is 2.03. The van der Waals surface area contributed by atoms with E-state index in [1.54, 1.807) is 23.7 Å². The molecule has 2 aromatic rings. The van der Waals surface area contributed by atoms with Crippen molar-refractivity contribution in [2.75, 3.05) is 6.54 Å². The lowest BCUT2D eigenvalue weighted by Crippen LogP contribution is -2.28. The number of benzene rings is 1. The highest BCUT2D eigenvalue weighted by Crippen LogP contribution is 2.16. The fraction of sp³-hybridized carbons (Fsp3) is 0.400. The van der Waals surface area contributed by atoms with E-state index in [0.717, 1.165) is 5.69 Å². The summed E-state index contributed by atoms with van der Waals surface area (Å²) in [4.78, 5) is 12.1. The molecule has 22 heavy (non-hydrogen) atoms. The second kappa shape index (κ2) is 7.38. The Morgan fingerprint density at radius 3 is 2.95 bits per heavy atom. The molecule has 0 fully saturated rings. The molecule has 0 bridgehead atoms. The van der Waals surface area contributed by atoms with Crippen molar-refractivity contribution in [2.45, 2.75) is 32.8 Å². The number of aromatic nitrogens is 3. The molecule has 0 saturated carbocycles. The highest BCUT2D eigenvalue weighted by Gasteiger charge is 2.17. The van der Waals surface area contributed by atoms with Crippen LogP contribution >= 0.6 is 11.6 Å². The molecule has 1 heterocycles. The Hall–Kier alpha value is -1.92. The third kappa shape index (κ3) is 3.84. The number of carbonyl (C=O) groups is 1. The van der Waals surface area contributed by atoms with Crippen LogP contribution in [0.25, 0.3) is 5.69 Å². The molecule has 0 saturated heterocycles. The Morgan fingerprint density at radius 2 is 2.27 bits per heavy atom. The minimum atomic E-state index is -0.400. The average molecular weight is 323 g/mol. The van der Waals surface area contributed by atoms with Crippen LogP contribution in [0, 0.1) is 6.92 Å². The molecule has 6 nitrogen and oxygen atoms in total. The molecule has 1 aromatic carbocycles. The Kier molecular flexibility index (Phi) is 5.51. The zero-order chi connectivity index (χ0) is 16.1. The molecule has 7 heteroatoms. The van der Waals surface area contributed by atoms with Gasteiger partial charge >= 0.3 is 0 Å². The second-order valence-corrected chi connectivity index (χ2v) is 5.46. The van der Waals surface area contributed by atoms with Gasteiger partial charge in [-0.05, 0) is 38.0 Å². The molecule has 118 valence electrons. The van der Waals surface area contributed by atoms with Crippen molar-refractivity contribution in [3.8, 4) is 5.69 Å². The lowest BCUT2D eigenvalue weighted by Gasteiger charge is -2.08. The molecule has 1 atom stereocenters. The molecule has 1 amide bonds. The highest BCUT2D eigenvalue weighted by molar-refractivity contribution is 6.30. The standard InChI is InChI=1S/C15H19ClN4O2/c1-3-13(21)7-8-17-15(22)14-10(2)20(19-18-14)12-6-4-5-11(16)9-12/h4-6,9,13,21H,3,7-8H2,1-2H3,(H,17,22). The topological polar surface area (TPSA) is 80.0 Å². The molecular weight excluding hydrogens is 304 g/mol. The Bertz CT molecular complexity index is 657. The van der Waals surface area contributed by atoms with Crippen molar-refractivity contribution in [1.82, 2.24) is 20.3 Å². The number of halogens is 1. The minimum Gasteiger partial charge on any atom is -0.393 e. The second-order valence-electron chi connectivity index (χ2n) is 5.02. The van der Waals surface area contributed by atoms with Crippen LogP contribution in [0.5, 0.6) is 0 Å². The van der Waals surface area contributed by atoms with Gasteiger partial charge in [0, 0.05) is 11.6 Å². The molecule has 0 aliphatic heterocycles. The third-order valence-electron chi connectivity index (χ3n) is 3.40. The van der Waals surface area contributed by atoms with Crippen molar-refractivity contribution in [3.05, 3.63) is 40.7 Å². The number of nitrogens with one attached hydrogen (secondary N) is 1. The monoisotopic (exact) mass is 322 g/mol.